The number of furan rings is 1. The highest BCUT2D eigenvalue weighted by Gasteiger charge is 2.13. The van der Waals surface area contributed by atoms with Gasteiger partial charge in [0.15, 0.2) is 5.76 Å². The number of amides is 2. The van der Waals surface area contributed by atoms with Gasteiger partial charge in [-0.25, -0.2) is 5.48 Å². The monoisotopic (exact) mass is 455 g/mol. The van der Waals surface area contributed by atoms with Crippen LogP contribution in [-0.4, -0.2) is 61.8 Å². The van der Waals surface area contributed by atoms with Crippen molar-refractivity contribution in [3.63, 3.8) is 0 Å². The van der Waals surface area contributed by atoms with Crippen LogP contribution in [0.5, 0.6) is 11.5 Å². The van der Waals surface area contributed by atoms with E-state index in [1.165, 1.54) is 12.1 Å². The van der Waals surface area contributed by atoms with Crippen LogP contribution in [0.25, 0.3) is 11.0 Å². The predicted molar refractivity (Wildman–Crippen MR) is 123 cm³/mol. The van der Waals surface area contributed by atoms with Gasteiger partial charge in [0.25, 0.3) is 11.8 Å². The van der Waals surface area contributed by atoms with Crippen molar-refractivity contribution >= 4 is 22.8 Å². The van der Waals surface area contributed by atoms with Crippen LogP contribution in [0.2, 0.25) is 0 Å². The number of likely N-dealkylation sites (N-methyl/N-ethyl adjacent to an activating group) is 1. The fraction of sp³-hybridized carbons (Fsp3) is 0.333. The molecule has 3 aromatic rings. The van der Waals surface area contributed by atoms with Crippen LogP contribution >= 0.6 is 0 Å². The van der Waals surface area contributed by atoms with Crippen LogP contribution in [0.15, 0.2) is 52.9 Å². The van der Waals surface area contributed by atoms with Crippen molar-refractivity contribution in [3.05, 3.63) is 59.9 Å². The maximum atomic E-state index is 12.4. The average Bonchev–Trinajstić information content (AvgIpc) is 3.25. The number of nitrogens with zero attached hydrogens (tertiary/aromatic N) is 1. The van der Waals surface area contributed by atoms with Crippen molar-refractivity contribution in [2.24, 2.45) is 0 Å². The smallest absolute Gasteiger partial charge is 0.287 e. The lowest BCUT2D eigenvalue weighted by atomic mass is 10.2. The van der Waals surface area contributed by atoms with Crippen LogP contribution in [0.1, 0.15) is 34.3 Å². The minimum absolute atomic E-state index is 0.212. The van der Waals surface area contributed by atoms with Crippen LogP contribution in [0.3, 0.4) is 0 Å². The molecule has 2 amide bonds. The molecule has 0 fully saturated rings. The molecule has 3 rings (SSSR count). The van der Waals surface area contributed by atoms with E-state index >= 15 is 0 Å². The number of nitrogens with one attached hydrogen (secondary N) is 2. The van der Waals surface area contributed by atoms with E-state index in [-0.39, 0.29) is 24.8 Å². The lowest BCUT2D eigenvalue weighted by Gasteiger charge is -2.15. The summed E-state index contributed by atoms with van der Waals surface area (Å²) >= 11 is 0. The van der Waals surface area contributed by atoms with E-state index in [9.17, 15) is 9.59 Å². The highest BCUT2D eigenvalue weighted by Crippen LogP contribution is 2.24. The summed E-state index contributed by atoms with van der Waals surface area (Å²) in [5, 5.41) is 12.2. The van der Waals surface area contributed by atoms with Gasteiger partial charge in [-0.2, -0.15) is 0 Å². The second kappa shape index (κ2) is 11.9. The Labute approximate surface area is 192 Å². The molecular formula is C24H29N3O6. The van der Waals surface area contributed by atoms with Gasteiger partial charge in [0.2, 0.25) is 0 Å². The Balaban J connectivity index is 1.46. The van der Waals surface area contributed by atoms with Gasteiger partial charge in [-0.1, -0.05) is 6.92 Å². The first-order valence-corrected chi connectivity index (χ1v) is 10.8. The quantitative estimate of drug-likeness (QED) is 0.218. The van der Waals surface area contributed by atoms with Crippen molar-refractivity contribution in [3.8, 4) is 11.5 Å². The van der Waals surface area contributed by atoms with Crippen LogP contribution in [-0.2, 0) is 0 Å². The second-order valence-electron chi connectivity index (χ2n) is 7.53. The van der Waals surface area contributed by atoms with Crippen molar-refractivity contribution in [2.45, 2.75) is 13.3 Å². The van der Waals surface area contributed by atoms with E-state index in [0.717, 1.165) is 30.6 Å². The highest BCUT2D eigenvalue weighted by atomic mass is 16.5. The molecular weight excluding hydrogens is 426 g/mol. The third-order valence-electron chi connectivity index (χ3n) is 4.93. The van der Waals surface area contributed by atoms with E-state index in [1.54, 1.807) is 29.7 Å². The molecule has 9 nitrogen and oxygen atoms in total. The van der Waals surface area contributed by atoms with Gasteiger partial charge < -0.3 is 24.1 Å². The molecule has 0 bridgehead atoms. The molecule has 2 aromatic carbocycles. The summed E-state index contributed by atoms with van der Waals surface area (Å²) in [6.45, 7) is 5.12. The predicted octanol–water partition coefficient (Wildman–Crippen LogP) is 3.08. The summed E-state index contributed by atoms with van der Waals surface area (Å²) in [5.74, 6) is 0.544. The van der Waals surface area contributed by atoms with Gasteiger partial charge in [0, 0.05) is 17.5 Å². The SMILES string of the molecule is CCCN(C)CCOc1ccc2oc(C(=O)NCCOc3ccc(C(=O)NO)cc3)cc2c1. The number of benzene rings is 2. The molecule has 0 aliphatic heterocycles. The number of hydroxylamine groups is 1. The highest BCUT2D eigenvalue weighted by molar-refractivity contribution is 5.96. The van der Waals surface area contributed by atoms with E-state index in [2.05, 4.69) is 24.2 Å². The lowest BCUT2D eigenvalue weighted by molar-refractivity contribution is 0.0706. The standard InChI is InChI=1S/C24H29N3O6/c1-3-11-27(2)12-14-32-20-8-9-21-18(15-20)16-22(33-21)24(29)25-10-13-31-19-6-4-17(5-7-19)23(28)26-30/h4-9,15-16,30H,3,10-14H2,1-2H3,(H,25,29)(H,26,28). The van der Waals surface area contributed by atoms with Gasteiger partial charge in [0.1, 0.15) is 30.3 Å². The first kappa shape index (κ1) is 24.1. The summed E-state index contributed by atoms with van der Waals surface area (Å²) < 4.78 is 17.0. The topological polar surface area (TPSA) is 113 Å². The third kappa shape index (κ3) is 6.96. The molecule has 0 aliphatic carbocycles. The number of fused-ring (bicyclic) bond motifs is 1. The summed E-state index contributed by atoms with van der Waals surface area (Å²) in [7, 11) is 2.07. The number of hydrogen-bond donors (Lipinski definition) is 3. The van der Waals surface area contributed by atoms with E-state index < -0.39 is 5.91 Å². The molecule has 0 aliphatic rings. The Bertz CT molecular complexity index is 1060. The number of rotatable bonds is 12. The minimum atomic E-state index is -0.599. The lowest BCUT2D eigenvalue weighted by Crippen LogP contribution is -2.27. The first-order chi connectivity index (χ1) is 16.0. The molecule has 0 saturated heterocycles. The van der Waals surface area contributed by atoms with E-state index in [4.69, 9.17) is 19.1 Å². The molecule has 3 N–H and O–H groups in total. The van der Waals surface area contributed by atoms with Gasteiger partial charge in [-0.3, -0.25) is 14.8 Å². The normalized spacial score (nSPS) is 10.9. The first-order valence-electron chi connectivity index (χ1n) is 10.8. The molecule has 1 heterocycles. The number of carbonyl (C=O) groups is 2. The summed E-state index contributed by atoms with van der Waals surface area (Å²) in [6, 6.07) is 13.4. The molecule has 176 valence electrons. The fourth-order valence-electron chi connectivity index (χ4n) is 3.22. The zero-order valence-electron chi connectivity index (χ0n) is 18.8. The van der Waals surface area contributed by atoms with Crippen molar-refractivity contribution in [2.75, 3.05) is 39.9 Å². The van der Waals surface area contributed by atoms with Crippen molar-refractivity contribution in [1.82, 2.24) is 15.7 Å². The molecule has 0 spiro atoms. The Morgan fingerprint density at radius 3 is 2.42 bits per heavy atom. The summed E-state index contributed by atoms with van der Waals surface area (Å²) in [4.78, 5) is 25.9. The average molecular weight is 456 g/mol. The largest absolute Gasteiger partial charge is 0.492 e. The molecule has 0 atom stereocenters. The molecule has 0 unspecified atom stereocenters. The number of hydrogen-bond acceptors (Lipinski definition) is 7. The van der Waals surface area contributed by atoms with E-state index in [0.29, 0.717) is 23.5 Å². The van der Waals surface area contributed by atoms with E-state index in [1.807, 2.05) is 12.1 Å². The molecule has 1 aromatic heterocycles. The van der Waals surface area contributed by atoms with Gasteiger partial charge in [0.05, 0.1) is 6.54 Å². The van der Waals surface area contributed by atoms with Crippen LogP contribution in [0.4, 0.5) is 0 Å². The molecule has 0 saturated carbocycles. The zero-order valence-corrected chi connectivity index (χ0v) is 18.8. The Kier molecular flexibility index (Phi) is 8.68. The molecule has 33 heavy (non-hydrogen) atoms. The Morgan fingerprint density at radius 2 is 1.70 bits per heavy atom. The fourth-order valence-corrected chi connectivity index (χ4v) is 3.22. The maximum Gasteiger partial charge on any atom is 0.287 e. The Hall–Kier alpha value is -3.56. The van der Waals surface area contributed by atoms with Crippen molar-refractivity contribution in [1.29, 1.82) is 0 Å². The Morgan fingerprint density at radius 1 is 0.970 bits per heavy atom. The molecule has 0 radical (unpaired) electrons. The summed E-state index contributed by atoms with van der Waals surface area (Å²) in [5.41, 5.74) is 2.48. The summed E-state index contributed by atoms with van der Waals surface area (Å²) in [6.07, 6.45) is 1.10. The second-order valence-corrected chi connectivity index (χ2v) is 7.53. The molecule has 9 heteroatoms. The zero-order chi connectivity index (χ0) is 23.6. The minimum Gasteiger partial charge on any atom is -0.492 e. The maximum absolute atomic E-state index is 12.4. The van der Waals surface area contributed by atoms with Gasteiger partial charge in [-0.15, -0.1) is 0 Å². The van der Waals surface area contributed by atoms with Crippen molar-refractivity contribution < 1.29 is 28.7 Å². The van der Waals surface area contributed by atoms with Crippen LogP contribution in [0, 0.1) is 0 Å². The number of carbonyl (C=O) groups excluding carboxylic acids is 2. The van der Waals surface area contributed by atoms with Gasteiger partial charge in [-0.05, 0) is 68.5 Å². The third-order valence-corrected chi connectivity index (χ3v) is 4.93. The number of ether oxygens (including phenoxy) is 2. The van der Waals surface area contributed by atoms with Crippen LogP contribution < -0.4 is 20.3 Å². The van der Waals surface area contributed by atoms with Gasteiger partial charge >= 0.3 is 0 Å².